The monoisotopic (exact) mass is 340 g/mol. The summed E-state index contributed by atoms with van der Waals surface area (Å²) in [6, 6.07) is 8.01. The molecule has 0 radical (unpaired) electrons. The highest BCUT2D eigenvalue weighted by molar-refractivity contribution is 6.44. The number of halogens is 5. The molecule has 0 unspecified atom stereocenters. The minimum absolute atomic E-state index is 0.232. The van der Waals surface area contributed by atoms with Gasteiger partial charge in [0.15, 0.2) is 5.75 Å². The van der Waals surface area contributed by atoms with Gasteiger partial charge >= 0.3 is 0 Å². The Morgan fingerprint density at radius 2 is 1.39 bits per heavy atom. The van der Waals surface area contributed by atoms with E-state index in [1.807, 2.05) is 0 Å². The number of rotatable bonds is 2. The van der Waals surface area contributed by atoms with Crippen molar-refractivity contribution in [3.8, 4) is 11.5 Å². The van der Waals surface area contributed by atoms with Crippen LogP contribution in [0.4, 0.5) is 0 Å². The third-order valence-electron chi connectivity index (χ3n) is 2.11. The lowest BCUT2D eigenvalue weighted by Crippen LogP contribution is -1.88. The maximum atomic E-state index is 6.02. The van der Waals surface area contributed by atoms with Crippen LogP contribution in [0.5, 0.6) is 11.5 Å². The fraction of sp³-hybridized carbons (Fsp3) is 0. The van der Waals surface area contributed by atoms with Gasteiger partial charge in [-0.1, -0.05) is 58.0 Å². The van der Waals surface area contributed by atoms with Crippen molar-refractivity contribution >= 4 is 58.0 Å². The summed E-state index contributed by atoms with van der Waals surface area (Å²) in [6.45, 7) is 0. The predicted octanol–water partition coefficient (Wildman–Crippen LogP) is 6.75. The molecule has 0 fully saturated rings. The Hall–Kier alpha value is -0.310. The minimum atomic E-state index is 0.232. The summed E-state index contributed by atoms with van der Waals surface area (Å²) >= 11 is 29.7. The van der Waals surface area contributed by atoms with Gasteiger partial charge in [0.2, 0.25) is 0 Å². The lowest BCUT2D eigenvalue weighted by atomic mass is 10.3. The van der Waals surface area contributed by atoms with Crippen LogP contribution in [0.25, 0.3) is 0 Å². The predicted molar refractivity (Wildman–Crippen MR) is 78.0 cm³/mol. The van der Waals surface area contributed by atoms with Gasteiger partial charge in [0.1, 0.15) is 10.8 Å². The topological polar surface area (TPSA) is 9.23 Å². The summed E-state index contributed by atoms with van der Waals surface area (Å²) in [6.07, 6.45) is 0. The van der Waals surface area contributed by atoms with E-state index in [0.29, 0.717) is 25.8 Å². The first kappa shape index (κ1) is 14.1. The van der Waals surface area contributed by atoms with Gasteiger partial charge in [-0.15, -0.1) is 0 Å². The molecule has 0 aliphatic carbocycles. The van der Waals surface area contributed by atoms with Crippen molar-refractivity contribution in [2.75, 3.05) is 0 Å². The largest absolute Gasteiger partial charge is 0.453 e. The van der Waals surface area contributed by atoms with E-state index in [2.05, 4.69) is 0 Å². The van der Waals surface area contributed by atoms with Gasteiger partial charge in [-0.25, -0.2) is 0 Å². The molecule has 2 aromatic rings. The van der Waals surface area contributed by atoms with Crippen molar-refractivity contribution in [3.63, 3.8) is 0 Å². The fourth-order valence-electron chi connectivity index (χ4n) is 1.27. The van der Waals surface area contributed by atoms with E-state index >= 15 is 0 Å². The molecule has 6 heteroatoms. The van der Waals surface area contributed by atoms with Crippen LogP contribution in [0.2, 0.25) is 25.1 Å². The van der Waals surface area contributed by atoms with Crippen LogP contribution >= 0.6 is 58.0 Å². The number of ether oxygens (including phenoxy) is 1. The van der Waals surface area contributed by atoms with Gasteiger partial charge in [0.05, 0.1) is 15.1 Å². The average molecular weight is 342 g/mol. The van der Waals surface area contributed by atoms with Crippen LogP contribution in [0, 0.1) is 0 Å². The van der Waals surface area contributed by atoms with Crippen LogP contribution in [0.3, 0.4) is 0 Å². The highest BCUT2D eigenvalue weighted by atomic mass is 35.5. The first-order valence-electron chi connectivity index (χ1n) is 4.75. The van der Waals surface area contributed by atoms with Crippen LogP contribution in [0.15, 0.2) is 30.3 Å². The van der Waals surface area contributed by atoms with Crippen LogP contribution in [0.1, 0.15) is 0 Å². The van der Waals surface area contributed by atoms with Crippen LogP contribution in [-0.4, -0.2) is 0 Å². The molecule has 0 N–H and O–H groups in total. The summed E-state index contributed by atoms with van der Waals surface area (Å²) in [5.74, 6) is 0.655. The molecule has 18 heavy (non-hydrogen) atoms. The SMILES string of the molecule is Clc1ccc(Oc2c(Cl)ccc(Cl)c2Cl)c(Cl)c1. The third kappa shape index (κ3) is 2.98. The Labute approximate surface area is 129 Å². The molecular weight excluding hydrogens is 337 g/mol. The summed E-state index contributed by atoms with van der Waals surface area (Å²) in [7, 11) is 0. The highest BCUT2D eigenvalue weighted by Crippen LogP contribution is 2.42. The summed E-state index contributed by atoms with van der Waals surface area (Å²) in [4.78, 5) is 0. The van der Waals surface area contributed by atoms with E-state index in [4.69, 9.17) is 62.7 Å². The van der Waals surface area contributed by atoms with Gasteiger partial charge in [-0.3, -0.25) is 0 Å². The molecular formula is C12H5Cl5O. The lowest BCUT2D eigenvalue weighted by molar-refractivity contribution is 0.483. The molecule has 0 aliphatic heterocycles. The first-order valence-corrected chi connectivity index (χ1v) is 6.64. The van der Waals surface area contributed by atoms with E-state index in [1.165, 1.54) is 0 Å². The van der Waals surface area contributed by atoms with Crippen molar-refractivity contribution in [1.82, 2.24) is 0 Å². The zero-order valence-electron chi connectivity index (χ0n) is 8.68. The zero-order chi connectivity index (χ0) is 13.3. The van der Waals surface area contributed by atoms with E-state index < -0.39 is 0 Å². The second-order valence-corrected chi connectivity index (χ2v) is 5.39. The first-order chi connectivity index (χ1) is 8.49. The maximum absolute atomic E-state index is 6.02. The van der Waals surface area contributed by atoms with Crippen molar-refractivity contribution in [1.29, 1.82) is 0 Å². The molecule has 94 valence electrons. The molecule has 2 rings (SSSR count). The Bertz CT molecular complexity index is 597. The molecule has 0 heterocycles. The Kier molecular flexibility index (Phi) is 4.52. The zero-order valence-corrected chi connectivity index (χ0v) is 12.5. The van der Waals surface area contributed by atoms with Crippen molar-refractivity contribution < 1.29 is 4.74 Å². The molecule has 0 spiro atoms. The molecule has 0 saturated carbocycles. The fourth-order valence-corrected chi connectivity index (χ4v) is 2.31. The summed E-state index contributed by atoms with van der Waals surface area (Å²) < 4.78 is 5.57. The second kappa shape index (κ2) is 5.77. The van der Waals surface area contributed by atoms with E-state index in [9.17, 15) is 0 Å². The van der Waals surface area contributed by atoms with Crippen molar-refractivity contribution in [3.05, 3.63) is 55.4 Å². The molecule has 0 aliphatic rings. The summed E-state index contributed by atoms with van der Waals surface area (Å²) in [5, 5.41) is 1.79. The maximum Gasteiger partial charge on any atom is 0.166 e. The number of benzene rings is 2. The second-order valence-electron chi connectivity index (χ2n) is 3.35. The quantitative estimate of drug-likeness (QED) is 0.549. The Morgan fingerprint density at radius 3 is 2.06 bits per heavy atom. The standard InChI is InChI=1S/C12H5Cl5O/c13-6-1-4-10(9(16)5-6)18-12-8(15)3-2-7(14)11(12)17/h1-5H. The average Bonchev–Trinajstić information content (AvgIpc) is 2.32. The van der Waals surface area contributed by atoms with Gasteiger partial charge in [0.25, 0.3) is 0 Å². The van der Waals surface area contributed by atoms with E-state index in [0.717, 1.165) is 0 Å². The van der Waals surface area contributed by atoms with Crippen molar-refractivity contribution in [2.24, 2.45) is 0 Å². The number of hydrogen-bond acceptors (Lipinski definition) is 1. The lowest BCUT2D eigenvalue weighted by Gasteiger charge is -2.11. The molecule has 2 aromatic carbocycles. The van der Waals surface area contributed by atoms with Crippen LogP contribution < -0.4 is 4.74 Å². The third-order valence-corrected chi connectivity index (χ3v) is 3.72. The Balaban J connectivity index is 2.43. The molecule has 0 amide bonds. The molecule has 0 bridgehead atoms. The normalized spacial score (nSPS) is 10.5. The van der Waals surface area contributed by atoms with Crippen LogP contribution in [-0.2, 0) is 0 Å². The molecule has 0 aromatic heterocycles. The van der Waals surface area contributed by atoms with E-state index in [1.54, 1.807) is 30.3 Å². The Morgan fingerprint density at radius 1 is 0.722 bits per heavy atom. The number of hydrogen-bond donors (Lipinski definition) is 0. The minimum Gasteiger partial charge on any atom is -0.453 e. The van der Waals surface area contributed by atoms with Gasteiger partial charge in [0, 0.05) is 5.02 Å². The highest BCUT2D eigenvalue weighted by Gasteiger charge is 2.13. The molecule has 0 saturated heterocycles. The van der Waals surface area contributed by atoms with Crippen molar-refractivity contribution in [2.45, 2.75) is 0 Å². The molecule has 1 nitrogen and oxygen atoms in total. The van der Waals surface area contributed by atoms with Gasteiger partial charge in [-0.05, 0) is 30.3 Å². The smallest absolute Gasteiger partial charge is 0.166 e. The van der Waals surface area contributed by atoms with Gasteiger partial charge < -0.3 is 4.74 Å². The summed E-state index contributed by atoms with van der Waals surface area (Å²) in [5.41, 5.74) is 0. The van der Waals surface area contributed by atoms with Gasteiger partial charge in [-0.2, -0.15) is 0 Å². The molecule has 0 atom stereocenters. The van der Waals surface area contributed by atoms with E-state index in [-0.39, 0.29) is 10.8 Å².